The van der Waals surface area contributed by atoms with Crippen molar-refractivity contribution in [2.24, 2.45) is 0 Å². The summed E-state index contributed by atoms with van der Waals surface area (Å²) >= 11 is 0. The Hall–Kier alpha value is -2.83. The Balaban J connectivity index is 1.28. The van der Waals surface area contributed by atoms with E-state index in [-0.39, 0.29) is 12.2 Å². The lowest BCUT2D eigenvalue weighted by atomic mass is 10.1. The molecule has 0 spiro atoms. The van der Waals surface area contributed by atoms with Crippen molar-refractivity contribution >= 4 is 11.9 Å². The molecule has 2 heterocycles. The van der Waals surface area contributed by atoms with Crippen LogP contribution in [0.3, 0.4) is 0 Å². The van der Waals surface area contributed by atoms with Crippen molar-refractivity contribution in [3.05, 3.63) is 47.8 Å². The van der Waals surface area contributed by atoms with E-state index in [0.29, 0.717) is 25.0 Å². The van der Waals surface area contributed by atoms with Crippen molar-refractivity contribution in [1.82, 2.24) is 14.9 Å². The number of carbonyl (C=O) groups excluding carboxylic acids is 1. The highest BCUT2D eigenvalue weighted by atomic mass is 16.6. The second-order valence-corrected chi connectivity index (χ2v) is 8.38. The topological polar surface area (TPSA) is 76.6 Å². The largest absolute Gasteiger partial charge is 0.470 e. The van der Waals surface area contributed by atoms with Crippen LogP contribution in [0.4, 0.5) is 10.6 Å². The van der Waals surface area contributed by atoms with E-state index in [1.165, 1.54) is 17.5 Å². The van der Waals surface area contributed by atoms with E-state index in [9.17, 15) is 4.79 Å². The molecular weight excluding hydrogens is 356 g/mol. The molecule has 1 saturated heterocycles. The fourth-order valence-electron chi connectivity index (χ4n) is 3.51. The third-order valence-electron chi connectivity index (χ3n) is 4.83. The van der Waals surface area contributed by atoms with Gasteiger partial charge < -0.3 is 19.7 Å². The molecule has 7 nitrogen and oxygen atoms in total. The first kappa shape index (κ1) is 18.5. The number of anilines is 1. The highest BCUT2D eigenvalue weighted by molar-refractivity contribution is 5.69. The van der Waals surface area contributed by atoms with E-state index in [4.69, 9.17) is 9.47 Å². The maximum absolute atomic E-state index is 12.0. The van der Waals surface area contributed by atoms with Crippen LogP contribution in [0.5, 0.6) is 5.88 Å². The smallest absolute Gasteiger partial charge is 0.410 e. The van der Waals surface area contributed by atoms with Gasteiger partial charge in [-0.2, -0.15) is 0 Å². The number of nitrogens with zero attached hydrogens (tertiary/aromatic N) is 3. The summed E-state index contributed by atoms with van der Waals surface area (Å²) in [4.78, 5) is 22.1. The Morgan fingerprint density at radius 2 is 1.82 bits per heavy atom. The van der Waals surface area contributed by atoms with Gasteiger partial charge in [0.2, 0.25) is 5.88 Å². The monoisotopic (exact) mass is 382 g/mol. The van der Waals surface area contributed by atoms with E-state index in [1.807, 2.05) is 26.8 Å². The summed E-state index contributed by atoms with van der Waals surface area (Å²) in [7, 11) is 0. The number of likely N-dealkylation sites (tertiary alicyclic amines) is 1. The van der Waals surface area contributed by atoms with E-state index in [0.717, 1.165) is 18.7 Å². The molecule has 1 aromatic carbocycles. The predicted octanol–water partition coefficient (Wildman–Crippen LogP) is 3.05. The lowest BCUT2D eigenvalue weighted by Gasteiger charge is -2.39. The van der Waals surface area contributed by atoms with Gasteiger partial charge >= 0.3 is 6.09 Å². The van der Waals surface area contributed by atoms with Crippen LogP contribution in [-0.4, -0.2) is 51.8 Å². The van der Waals surface area contributed by atoms with Gasteiger partial charge in [0.25, 0.3) is 0 Å². The minimum absolute atomic E-state index is 0.0778. The van der Waals surface area contributed by atoms with Crippen LogP contribution >= 0.6 is 0 Å². The predicted molar refractivity (Wildman–Crippen MR) is 106 cm³/mol. The molecule has 0 saturated carbocycles. The summed E-state index contributed by atoms with van der Waals surface area (Å²) < 4.78 is 11.2. The van der Waals surface area contributed by atoms with Crippen molar-refractivity contribution in [3.63, 3.8) is 0 Å². The van der Waals surface area contributed by atoms with Crippen LogP contribution in [0.2, 0.25) is 0 Å². The highest BCUT2D eigenvalue weighted by Gasteiger charge is 2.35. The van der Waals surface area contributed by atoms with Gasteiger partial charge in [-0.1, -0.05) is 24.3 Å². The van der Waals surface area contributed by atoms with Crippen molar-refractivity contribution in [3.8, 4) is 5.88 Å². The molecule has 1 amide bonds. The number of carbonyl (C=O) groups is 1. The Morgan fingerprint density at radius 3 is 2.46 bits per heavy atom. The van der Waals surface area contributed by atoms with E-state index >= 15 is 0 Å². The number of amides is 1. The molecule has 2 aromatic rings. The van der Waals surface area contributed by atoms with Gasteiger partial charge in [-0.15, -0.1) is 0 Å². The molecule has 148 valence electrons. The number of nitrogens with one attached hydrogen (secondary N) is 1. The molecule has 28 heavy (non-hydrogen) atoms. The van der Waals surface area contributed by atoms with Gasteiger partial charge in [-0.05, 0) is 44.7 Å². The molecule has 0 atom stereocenters. The Bertz CT molecular complexity index is 834. The SMILES string of the molecule is CC(C)(C)OC(=O)N1CC(Oc2cc(NC3Cc4ccccc4C3)ncn2)C1. The quantitative estimate of drug-likeness (QED) is 0.876. The summed E-state index contributed by atoms with van der Waals surface area (Å²) in [5.74, 6) is 1.27. The average Bonchev–Trinajstić information content (AvgIpc) is 2.98. The molecule has 7 heteroatoms. The molecule has 1 aliphatic carbocycles. The molecule has 1 aromatic heterocycles. The highest BCUT2D eigenvalue weighted by Crippen LogP contribution is 2.25. The maximum atomic E-state index is 12.0. The summed E-state index contributed by atoms with van der Waals surface area (Å²) in [5.41, 5.74) is 2.29. The maximum Gasteiger partial charge on any atom is 0.410 e. The number of ether oxygens (including phenoxy) is 2. The molecule has 0 radical (unpaired) electrons. The van der Waals surface area contributed by atoms with Crippen molar-refractivity contribution in [2.45, 2.75) is 51.4 Å². The zero-order valence-corrected chi connectivity index (χ0v) is 16.5. The van der Waals surface area contributed by atoms with Crippen LogP contribution in [0.1, 0.15) is 31.9 Å². The van der Waals surface area contributed by atoms with Crippen molar-refractivity contribution in [2.75, 3.05) is 18.4 Å². The number of hydrogen-bond acceptors (Lipinski definition) is 6. The molecule has 2 aliphatic rings. The first-order chi connectivity index (χ1) is 13.4. The third-order valence-corrected chi connectivity index (χ3v) is 4.83. The molecule has 1 N–H and O–H groups in total. The summed E-state index contributed by atoms with van der Waals surface area (Å²) in [6.07, 6.45) is 3.10. The molecule has 4 rings (SSSR count). The van der Waals surface area contributed by atoms with E-state index < -0.39 is 5.60 Å². The lowest BCUT2D eigenvalue weighted by molar-refractivity contribution is -0.0232. The van der Waals surface area contributed by atoms with Crippen molar-refractivity contribution in [1.29, 1.82) is 0 Å². The number of rotatable bonds is 4. The molecular formula is C21H26N4O3. The molecule has 0 bridgehead atoms. The number of aromatic nitrogens is 2. The van der Waals surface area contributed by atoms with Gasteiger partial charge in [0.1, 0.15) is 23.9 Å². The normalized spacial score (nSPS) is 17.0. The van der Waals surface area contributed by atoms with Gasteiger partial charge in [0.15, 0.2) is 0 Å². The minimum Gasteiger partial charge on any atom is -0.470 e. The Morgan fingerprint density at radius 1 is 1.14 bits per heavy atom. The summed E-state index contributed by atoms with van der Waals surface area (Å²) in [5, 5.41) is 3.47. The Kier molecular flexibility index (Phi) is 4.83. The zero-order chi connectivity index (χ0) is 19.7. The zero-order valence-electron chi connectivity index (χ0n) is 16.5. The fraction of sp³-hybridized carbons (Fsp3) is 0.476. The Labute approximate surface area is 165 Å². The van der Waals surface area contributed by atoms with Crippen LogP contribution in [-0.2, 0) is 17.6 Å². The standard InChI is InChI=1S/C21H26N4O3/c1-21(2,3)28-20(26)25-11-17(12-25)27-19-10-18(22-13-23-19)24-16-8-14-6-4-5-7-15(14)9-16/h4-7,10,13,16-17H,8-9,11-12H2,1-3H3,(H,22,23,24). The van der Waals surface area contributed by atoms with Crippen LogP contribution < -0.4 is 10.1 Å². The third kappa shape index (κ3) is 4.35. The van der Waals surface area contributed by atoms with Gasteiger partial charge in [0, 0.05) is 12.1 Å². The number of fused-ring (bicyclic) bond motifs is 1. The van der Waals surface area contributed by atoms with Gasteiger partial charge in [-0.25, -0.2) is 14.8 Å². The van der Waals surface area contributed by atoms with Crippen LogP contribution in [0, 0.1) is 0 Å². The van der Waals surface area contributed by atoms with Crippen molar-refractivity contribution < 1.29 is 14.3 Å². The second kappa shape index (κ2) is 7.30. The lowest BCUT2D eigenvalue weighted by Crippen LogP contribution is -2.57. The minimum atomic E-state index is -0.490. The number of hydrogen-bond donors (Lipinski definition) is 1. The van der Waals surface area contributed by atoms with E-state index in [2.05, 4.69) is 39.6 Å². The van der Waals surface area contributed by atoms with Crippen LogP contribution in [0.15, 0.2) is 36.7 Å². The van der Waals surface area contributed by atoms with Gasteiger partial charge in [-0.3, -0.25) is 0 Å². The summed E-state index contributed by atoms with van der Waals surface area (Å²) in [6.45, 7) is 6.57. The van der Waals surface area contributed by atoms with E-state index in [1.54, 1.807) is 4.90 Å². The second-order valence-electron chi connectivity index (χ2n) is 8.38. The first-order valence-electron chi connectivity index (χ1n) is 9.66. The average molecular weight is 382 g/mol. The molecule has 1 fully saturated rings. The number of benzene rings is 1. The molecule has 1 aliphatic heterocycles. The summed E-state index contributed by atoms with van der Waals surface area (Å²) in [6, 6.07) is 10.7. The first-order valence-corrected chi connectivity index (χ1v) is 9.66. The van der Waals surface area contributed by atoms with Crippen LogP contribution in [0.25, 0.3) is 0 Å². The fourth-order valence-corrected chi connectivity index (χ4v) is 3.51. The molecule has 0 unspecified atom stereocenters. The van der Waals surface area contributed by atoms with Gasteiger partial charge in [0.05, 0.1) is 13.1 Å².